The summed E-state index contributed by atoms with van der Waals surface area (Å²) in [5.74, 6) is 0.984. The molecule has 0 aliphatic carbocycles. The predicted octanol–water partition coefficient (Wildman–Crippen LogP) is 2.58. The van der Waals surface area contributed by atoms with E-state index in [-0.39, 0.29) is 0 Å². The molecule has 1 heterocycles. The van der Waals surface area contributed by atoms with Crippen LogP contribution in [0, 0.1) is 6.92 Å². The van der Waals surface area contributed by atoms with E-state index in [1.807, 2.05) is 0 Å². The molecule has 0 saturated carbocycles. The second-order valence-electron chi connectivity index (χ2n) is 5.06. The van der Waals surface area contributed by atoms with Gasteiger partial charge in [-0.25, -0.2) is 0 Å². The van der Waals surface area contributed by atoms with E-state index in [4.69, 9.17) is 4.74 Å². The molecule has 3 heteroatoms. The molecule has 1 aromatic rings. The van der Waals surface area contributed by atoms with Gasteiger partial charge in [0.2, 0.25) is 0 Å². The summed E-state index contributed by atoms with van der Waals surface area (Å²) in [5, 5.41) is 3.59. The molecule has 1 aromatic carbocycles. The van der Waals surface area contributed by atoms with Crippen LogP contribution in [0.15, 0.2) is 18.2 Å². The van der Waals surface area contributed by atoms with Gasteiger partial charge in [0.05, 0.1) is 12.8 Å². The highest BCUT2D eigenvalue weighted by Gasteiger charge is 2.21. The van der Waals surface area contributed by atoms with Crippen LogP contribution < -0.4 is 15.0 Å². The Labute approximate surface area is 110 Å². The van der Waals surface area contributed by atoms with Gasteiger partial charge in [0.15, 0.2) is 0 Å². The smallest absolute Gasteiger partial charge is 0.142 e. The van der Waals surface area contributed by atoms with Crippen molar-refractivity contribution in [2.75, 3.05) is 31.6 Å². The third-order valence-corrected chi connectivity index (χ3v) is 3.57. The van der Waals surface area contributed by atoms with Crippen LogP contribution in [0.4, 0.5) is 5.69 Å². The van der Waals surface area contributed by atoms with Gasteiger partial charge in [-0.1, -0.05) is 19.4 Å². The van der Waals surface area contributed by atoms with E-state index >= 15 is 0 Å². The van der Waals surface area contributed by atoms with Crippen molar-refractivity contribution in [2.24, 2.45) is 0 Å². The number of rotatable bonds is 4. The average Bonchev–Trinajstić information content (AvgIpc) is 2.39. The zero-order chi connectivity index (χ0) is 13.0. The molecule has 18 heavy (non-hydrogen) atoms. The van der Waals surface area contributed by atoms with Crippen molar-refractivity contribution < 1.29 is 4.74 Å². The summed E-state index contributed by atoms with van der Waals surface area (Å²) in [6, 6.07) is 7.01. The molecule has 0 bridgehead atoms. The van der Waals surface area contributed by atoms with Crippen LogP contribution in [0.25, 0.3) is 0 Å². The van der Waals surface area contributed by atoms with Crippen LogP contribution in [0.3, 0.4) is 0 Å². The Hall–Kier alpha value is -1.22. The second kappa shape index (κ2) is 6.10. The highest BCUT2D eigenvalue weighted by molar-refractivity contribution is 5.60. The zero-order valence-corrected chi connectivity index (χ0v) is 11.7. The minimum absolute atomic E-state index is 0.606. The minimum Gasteiger partial charge on any atom is -0.495 e. The highest BCUT2D eigenvalue weighted by atomic mass is 16.5. The number of hydrogen-bond acceptors (Lipinski definition) is 3. The molecule has 3 nitrogen and oxygen atoms in total. The molecule has 1 aliphatic rings. The lowest BCUT2D eigenvalue weighted by Crippen LogP contribution is -2.50. The summed E-state index contributed by atoms with van der Waals surface area (Å²) < 4.78 is 5.49. The van der Waals surface area contributed by atoms with E-state index in [2.05, 4.69) is 42.3 Å². The summed E-state index contributed by atoms with van der Waals surface area (Å²) in [7, 11) is 1.75. The normalized spacial score (nSPS) is 19.9. The fraction of sp³-hybridized carbons (Fsp3) is 0.600. The Morgan fingerprint density at radius 1 is 1.44 bits per heavy atom. The average molecular weight is 248 g/mol. The zero-order valence-electron chi connectivity index (χ0n) is 11.7. The summed E-state index contributed by atoms with van der Waals surface area (Å²) in [6.45, 7) is 7.57. The van der Waals surface area contributed by atoms with Gasteiger partial charge in [0.25, 0.3) is 0 Å². The first-order chi connectivity index (χ1) is 8.74. The number of nitrogens with one attached hydrogen (secondary N) is 1. The first-order valence-corrected chi connectivity index (χ1v) is 6.87. The monoisotopic (exact) mass is 248 g/mol. The lowest BCUT2D eigenvalue weighted by Gasteiger charge is -2.36. The van der Waals surface area contributed by atoms with Crippen LogP contribution in [0.2, 0.25) is 0 Å². The van der Waals surface area contributed by atoms with Crippen LogP contribution in [-0.2, 0) is 0 Å². The van der Waals surface area contributed by atoms with Crippen molar-refractivity contribution in [3.8, 4) is 5.75 Å². The quantitative estimate of drug-likeness (QED) is 0.886. The van der Waals surface area contributed by atoms with Crippen molar-refractivity contribution in [3.63, 3.8) is 0 Å². The molecule has 100 valence electrons. The largest absolute Gasteiger partial charge is 0.495 e. The summed E-state index contributed by atoms with van der Waals surface area (Å²) in [5.41, 5.74) is 2.52. The Morgan fingerprint density at radius 2 is 2.28 bits per heavy atom. The molecule has 0 aromatic heterocycles. The molecule has 1 unspecified atom stereocenters. The van der Waals surface area contributed by atoms with Crippen LogP contribution in [0.1, 0.15) is 25.3 Å². The number of benzene rings is 1. The maximum absolute atomic E-state index is 5.49. The van der Waals surface area contributed by atoms with Crippen LogP contribution >= 0.6 is 0 Å². The van der Waals surface area contributed by atoms with E-state index in [0.29, 0.717) is 6.04 Å². The second-order valence-corrected chi connectivity index (χ2v) is 5.06. The van der Waals surface area contributed by atoms with E-state index in [1.165, 1.54) is 24.1 Å². The Morgan fingerprint density at radius 3 is 3.00 bits per heavy atom. The number of methoxy groups -OCH3 is 1. The Bertz CT molecular complexity index is 390. The third kappa shape index (κ3) is 2.96. The molecule has 2 rings (SSSR count). The minimum atomic E-state index is 0.606. The fourth-order valence-corrected chi connectivity index (χ4v) is 2.63. The molecular weight excluding hydrogens is 224 g/mol. The van der Waals surface area contributed by atoms with E-state index in [0.717, 1.165) is 25.4 Å². The van der Waals surface area contributed by atoms with Gasteiger partial charge in [0.1, 0.15) is 5.75 Å². The van der Waals surface area contributed by atoms with Gasteiger partial charge < -0.3 is 15.0 Å². The Balaban J connectivity index is 2.17. The summed E-state index contributed by atoms with van der Waals surface area (Å²) >= 11 is 0. The van der Waals surface area contributed by atoms with Gasteiger partial charge in [-0.15, -0.1) is 0 Å². The number of piperazine rings is 1. The SMILES string of the molecule is CCCC1CN(c2cc(C)ccc2OC)CCN1. The number of anilines is 1. The molecule has 1 fully saturated rings. The van der Waals surface area contributed by atoms with Crippen molar-refractivity contribution >= 4 is 5.69 Å². The number of nitrogens with zero attached hydrogens (tertiary/aromatic N) is 1. The van der Waals surface area contributed by atoms with E-state index < -0.39 is 0 Å². The molecule has 0 spiro atoms. The van der Waals surface area contributed by atoms with Gasteiger partial charge >= 0.3 is 0 Å². The molecule has 1 N–H and O–H groups in total. The lowest BCUT2D eigenvalue weighted by molar-refractivity contribution is 0.402. The maximum Gasteiger partial charge on any atom is 0.142 e. The maximum atomic E-state index is 5.49. The predicted molar refractivity (Wildman–Crippen MR) is 76.6 cm³/mol. The lowest BCUT2D eigenvalue weighted by atomic mass is 10.1. The molecule has 0 radical (unpaired) electrons. The van der Waals surface area contributed by atoms with Gasteiger partial charge in [-0.3, -0.25) is 0 Å². The molecular formula is C15H24N2O. The van der Waals surface area contributed by atoms with Crippen molar-refractivity contribution in [3.05, 3.63) is 23.8 Å². The van der Waals surface area contributed by atoms with Gasteiger partial charge in [-0.05, 0) is 31.0 Å². The first kappa shape index (κ1) is 13.2. The standard InChI is InChI=1S/C15H24N2O/c1-4-5-13-11-17(9-8-16-13)14-10-12(2)6-7-15(14)18-3/h6-7,10,13,16H,4-5,8-9,11H2,1-3H3. The van der Waals surface area contributed by atoms with Crippen molar-refractivity contribution in [1.29, 1.82) is 0 Å². The molecule has 1 atom stereocenters. The highest BCUT2D eigenvalue weighted by Crippen LogP contribution is 2.30. The summed E-state index contributed by atoms with van der Waals surface area (Å²) in [6.07, 6.45) is 2.47. The fourth-order valence-electron chi connectivity index (χ4n) is 2.63. The van der Waals surface area contributed by atoms with Crippen molar-refractivity contribution in [1.82, 2.24) is 5.32 Å². The number of aryl methyl sites for hydroxylation is 1. The van der Waals surface area contributed by atoms with Crippen LogP contribution in [-0.4, -0.2) is 32.8 Å². The summed E-state index contributed by atoms with van der Waals surface area (Å²) in [4.78, 5) is 2.45. The van der Waals surface area contributed by atoms with Gasteiger partial charge in [-0.2, -0.15) is 0 Å². The number of ether oxygens (including phenoxy) is 1. The number of hydrogen-bond donors (Lipinski definition) is 1. The van der Waals surface area contributed by atoms with Crippen LogP contribution in [0.5, 0.6) is 5.75 Å². The topological polar surface area (TPSA) is 24.5 Å². The molecule has 1 saturated heterocycles. The van der Waals surface area contributed by atoms with E-state index in [1.54, 1.807) is 7.11 Å². The third-order valence-electron chi connectivity index (χ3n) is 3.57. The first-order valence-electron chi connectivity index (χ1n) is 6.87. The molecule has 0 amide bonds. The molecule has 1 aliphatic heterocycles. The Kier molecular flexibility index (Phi) is 4.48. The van der Waals surface area contributed by atoms with E-state index in [9.17, 15) is 0 Å². The van der Waals surface area contributed by atoms with Crippen molar-refractivity contribution in [2.45, 2.75) is 32.7 Å². The van der Waals surface area contributed by atoms with Gasteiger partial charge in [0, 0.05) is 25.7 Å².